The molecular formula is C16H27IN4OS. The van der Waals surface area contributed by atoms with Gasteiger partial charge in [0.2, 0.25) is 5.91 Å². The maximum atomic E-state index is 11.6. The van der Waals surface area contributed by atoms with E-state index in [1.54, 1.807) is 11.3 Å². The summed E-state index contributed by atoms with van der Waals surface area (Å²) in [6, 6.07) is 4.85. The van der Waals surface area contributed by atoms with Gasteiger partial charge in [-0.2, -0.15) is 0 Å². The monoisotopic (exact) mass is 450 g/mol. The van der Waals surface area contributed by atoms with Gasteiger partial charge in [-0.3, -0.25) is 9.79 Å². The fourth-order valence-corrected chi connectivity index (χ4v) is 2.83. The van der Waals surface area contributed by atoms with Crippen molar-refractivity contribution in [2.24, 2.45) is 4.99 Å². The molecule has 2 rings (SSSR count). The minimum absolute atomic E-state index is 0. The van der Waals surface area contributed by atoms with Crippen LogP contribution in [0.2, 0.25) is 0 Å². The number of hydrogen-bond acceptors (Lipinski definition) is 3. The third-order valence-corrected chi connectivity index (χ3v) is 4.50. The number of rotatable bonds is 8. The van der Waals surface area contributed by atoms with Gasteiger partial charge < -0.3 is 16.0 Å². The third kappa shape index (κ3) is 8.01. The number of guanidine groups is 1. The molecule has 0 aliphatic heterocycles. The Labute approximate surface area is 159 Å². The molecule has 1 aliphatic rings. The fraction of sp³-hybridized carbons (Fsp3) is 0.625. The first-order chi connectivity index (χ1) is 10.7. The highest BCUT2D eigenvalue weighted by atomic mass is 127. The van der Waals surface area contributed by atoms with Gasteiger partial charge in [-0.05, 0) is 44.6 Å². The Hall–Kier alpha value is -0.830. The number of carbonyl (C=O) groups is 1. The van der Waals surface area contributed by atoms with Crippen LogP contribution in [-0.4, -0.2) is 31.0 Å². The van der Waals surface area contributed by atoms with Crippen molar-refractivity contribution in [2.75, 3.05) is 13.1 Å². The van der Waals surface area contributed by atoms with Gasteiger partial charge in [-0.15, -0.1) is 35.3 Å². The van der Waals surface area contributed by atoms with Crippen LogP contribution in [0.5, 0.6) is 0 Å². The molecule has 1 unspecified atom stereocenters. The summed E-state index contributed by atoms with van der Waals surface area (Å²) in [5.74, 6) is 0.966. The van der Waals surface area contributed by atoms with Crippen LogP contribution in [0.4, 0.5) is 0 Å². The maximum Gasteiger partial charge on any atom is 0.220 e. The van der Waals surface area contributed by atoms with Gasteiger partial charge in [0, 0.05) is 30.4 Å². The zero-order chi connectivity index (χ0) is 15.8. The van der Waals surface area contributed by atoms with Gasteiger partial charge in [-0.1, -0.05) is 6.07 Å². The minimum Gasteiger partial charge on any atom is -0.357 e. The van der Waals surface area contributed by atoms with Crippen molar-refractivity contribution in [1.82, 2.24) is 16.0 Å². The van der Waals surface area contributed by atoms with Crippen molar-refractivity contribution in [2.45, 2.75) is 51.6 Å². The van der Waals surface area contributed by atoms with Gasteiger partial charge in [-0.25, -0.2) is 0 Å². The molecule has 1 aliphatic carbocycles. The third-order valence-electron chi connectivity index (χ3n) is 3.44. The molecule has 1 atom stereocenters. The molecule has 0 aromatic carbocycles. The van der Waals surface area contributed by atoms with Crippen LogP contribution in [0.1, 0.15) is 50.4 Å². The lowest BCUT2D eigenvalue weighted by molar-refractivity contribution is -0.121. The van der Waals surface area contributed by atoms with Crippen LogP contribution in [0.15, 0.2) is 22.5 Å². The van der Waals surface area contributed by atoms with Crippen LogP contribution >= 0.6 is 35.3 Å². The van der Waals surface area contributed by atoms with Gasteiger partial charge in [0.1, 0.15) is 0 Å². The summed E-state index contributed by atoms with van der Waals surface area (Å²) in [6.07, 6.45) is 3.61. The molecule has 1 amide bonds. The summed E-state index contributed by atoms with van der Waals surface area (Å²) >= 11 is 1.74. The average Bonchev–Trinajstić information content (AvgIpc) is 3.13. The van der Waals surface area contributed by atoms with E-state index in [1.807, 2.05) is 0 Å². The van der Waals surface area contributed by atoms with Crippen molar-refractivity contribution in [3.63, 3.8) is 0 Å². The molecule has 1 aromatic rings. The summed E-state index contributed by atoms with van der Waals surface area (Å²) in [4.78, 5) is 17.4. The highest BCUT2D eigenvalue weighted by Crippen LogP contribution is 2.19. The molecule has 7 heteroatoms. The molecule has 0 saturated heterocycles. The molecule has 1 aromatic heterocycles. The smallest absolute Gasteiger partial charge is 0.220 e. The molecule has 1 saturated carbocycles. The number of aliphatic imine (C=N–C) groups is 1. The number of nitrogens with one attached hydrogen (secondary N) is 3. The molecule has 0 spiro atoms. The molecule has 1 heterocycles. The highest BCUT2D eigenvalue weighted by Gasteiger charge is 2.22. The number of hydrogen-bond donors (Lipinski definition) is 3. The topological polar surface area (TPSA) is 65.5 Å². The Balaban J connectivity index is 0.00000264. The first kappa shape index (κ1) is 20.2. The first-order valence-corrected chi connectivity index (χ1v) is 8.94. The summed E-state index contributed by atoms with van der Waals surface area (Å²) in [5.41, 5.74) is 0. The van der Waals surface area contributed by atoms with Gasteiger partial charge >= 0.3 is 0 Å². The number of amides is 1. The lowest BCUT2D eigenvalue weighted by Crippen LogP contribution is -2.38. The number of halogens is 1. The molecule has 0 bridgehead atoms. The minimum atomic E-state index is 0. The van der Waals surface area contributed by atoms with Crippen molar-refractivity contribution in [3.05, 3.63) is 22.4 Å². The predicted molar refractivity (Wildman–Crippen MR) is 108 cm³/mol. The largest absolute Gasteiger partial charge is 0.357 e. The van der Waals surface area contributed by atoms with E-state index in [0.29, 0.717) is 19.0 Å². The van der Waals surface area contributed by atoms with Crippen LogP contribution in [-0.2, 0) is 4.79 Å². The zero-order valence-electron chi connectivity index (χ0n) is 13.8. The normalized spacial score (nSPS) is 15.5. The van der Waals surface area contributed by atoms with Crippen LogP contribution < -0.4 is 16.0 Å². The van der Waals surface area contributed by atoms with Crippen molar-refractivity contribution in [1.29, 1.82) is 0 Å². The van der Waals surface area contributed by atoms with Gasteiger partial charge in [0.05, 0.1) is 6.04 Å². The maximum absolute atomic E-state index is 11.6. The summed E-state index contributed by atoms with van der Waals surface area (Å²) in [5, 5.41) is 11.7. The summed E-state index contributed by atoms with van der Waals surface area (Å²) < 4.78 is 0. The standard InChI is InChI=1S/C16H26N4OS.HI/c1-3-17-16(19-12(2)14-6-5-11-22-14)18-10-4-7-15(21)20-13-8-9-13;/h5-6,11-13H,3-4,7-10H2,1-2H3,(H,20,21)(H2,17,18,19);1H. The number of nitrogens with zero attached hydrogens (tertiary/aromatic N) is 1. The lowest BCUT2D eigenvalue weighted by Gasteiger charge is -2.16. The molecule has 23 heavy (non-hydrogen) atoms. The number of carbonyl (C=O) groups excluding carboxylic acids is 1. The zero-order valence-corrected chi connectivity index (χ0v) is 16.9. The van der Waals surface area contributed by atoms with Gasteiger partial charge in [0.25, 0.3) is 0 Å². The van der Waals surface area contributed by atoms with E-state index >= 15 is 0 Å². The highest BCUT2D eigenvalue weighted by molar-refractivity contribution is 14.0. The number of thiophene rings is 1. The Kier molecular flexibility index (Phi) is 9.54. The van der Waals surface area contributed by atoms with E-state index in [-0.39, 0.29) is 35.9 Å². The van der Waals surface area contributed by atoms with Crippen LogP contribution in [0.25, 0.3) is 0 Å². The van der Waals surface area contributed by atoms with Gasteiger partial charge in [0.15, 0.2) is 5.96 Å². The Morgan fingerprint density at radius 1 is 1.48 bits per heavy atom. The second-order valence-corrected chi connectivity index (χ2v) is 6.57. The molecule has 130 valence electrons. The van der Waals surface area contributed by atoms with Crippen LogP contribution in [0, 0.1) is 0 Å². The van der Waals surface area contributed by atoms with E-state index in [1.165, 1.54) is 4.88 Å². The van der Waals surface area contributed by atoms with E-state index in [9.17, 15) is 4.79 Å². The van der Waals surface area contributed by atoms with E-state index in [4.69, 9.17) is 0 Å². The second-order valence-electron chi connectivity index (χ2n) is 5.59. The molecule has 3 N–H and O–H groups in total. The van der Waals surface area contributed by atoms with E-state index in [2.05, 4.69) is 52.3 Å². The quantitative estimate of drug-likeness (QED) is 0.247. The summed E-state index contributed by atoms with van der Waals surface area (Å²) in [7, 11) is 0. The molecule has 0 radical (unpaired) electrons. The second kappa shape index (κ2) is 10.9. The Morgan fingerprint density at radius 3 is 2.87 bits per heavy atom. The average molecular weight is 450 g/mol. The SMILES string of the molecule is CCNC(=NCCCC(=O)NC1CC1)NC(C)c1cccs1.I. The molecule has 1 fully saturated rings. The van der Waals surface area contributed by atoms with Crippen molar-refractivity contribution in [3.8, 4) is 0 Å². The van der Waals surface area contributed by atoms with E-state index in [0.717, 1.165) is 31.8 Å². The van der Waals surface area contributed by atoms with Crippen LogP contribution in [0.3, 0.4) is 0 Å². The lowest BCUT2D eigenvalue weighted by atomic mass is 10.3. The van der Waals surface area contributed by atoms with E-state index < -0.39 is 0 Å². The fourth-order valence-electron chi connectivity index (χ4n) is 2.09. The molecular weight excluding hydrogens is 423 g/mol. The summed E-state index contributed by atoms with van der Waals surface area (Å²) in [6.45, 7) is 5.66. The Bertz CT molecular complexity index is 488. The van der Waals surface area contributed by atoms with Crippen molar-refractivity contribution >= 4 is 47.2 Å². The predicted octanol–water partition coefficient (Wildman–Crippen LogP) is 3.04. The molecule has 5 nitrogen and oxygen atoms in total. The van der Waals surface area contributed by atoms with Crippen molar-refractivity contribution < 1.29 is 4.79 Å². The first-order valence-electron chi connectivity index (χ1n) is 8.06. The Morgan fingerprint density at radius 2 is 2.26 bits per heavy atom.